The van der Waals surface area contributed by atoms with Crippen LogP contribution in [-0.4, -0.2) is 31.6 Å². The molecule has 0 fully saturated rings. The summed E-state index contributed by atoms with van der Waals surface area (Å²) < 4.78 is 38.0. The maximum absolute atomic E-state index is 13.0. The second kappa shape index (κ2) is 4.80. The fraction of sp³-hybridized carbons (Fsp3) is 0.300. The van der Waals surface area contributed by atoms with Gasteiger partial charge in [0.15, 0.2) is 0 Å². The van der Waals surface area contributed by atoms with Crippen LogP contribution in [0.25, 0.3) is 0 Å². The van der Waals surface area contributed by atoms with Gasteiger partial charge in [0, 0.05) is 7.05 Å². The minimum atomic E-state index is -3.83. The van der Waals surface area contributed by atoms with Gasteiger partial charge in [-0.15, -0.1) is 0 Å². The predicted octanol–water partition coefficient (Wildman–Crippen LogP) is 0.771. The summed E-state index contributed by atoms with van der Waals surface area (Å²) in [6, 6.07) is 3.92. The lowest BCUT2D eigenvalue weighted by molar-refractivity contribution is 0.447. The predicted molar refractivity (Wildman–Crippen MR) is 62.7 cm³/mol. The summed E-state index contributed by atoms with van der Waals surface area (Å²) in [4.78, 5) is -0.159. The number of amidine groups is 1. The Morgan fingerprint density at radius 1 is 1.53 bits per heavy atom. The van der Waals surface area contributed by atoms with Crippen molar-refractivity contribution in [2.24, 2.45) is 5.73 Å². The number of benzene rings is 1. The van der Waals surface area contributed by atoms with Gasteiger partial charge in [-0.3, -0.25) is 5.41 Å². The minimum Gasteiger partial charge on any atom is -0.386 e. The van der Waals surface area contributed by atoms with Crippen molar-refractivity contribution in [3.63, 3.8) is 0 Å². The summed E-state index contributed by atoms with van der Waals surface area (Å²) in [6.45, 7) is 1.49. The molecular weight excluding hydrogens is 245 g/mol. The summed E-state index contributed by atoms with van der Waals surface area (Å²) in [5.74, 6) is -0.901. The third kappa shape index (κ3) is 2.80. The van der Waals surface area contributed by atoms with Gasteiger partial charge >= 0.3 is 0 Å². The molecule has 3 N–H and O–H groups in total. The Bertz CT molecular complexity index is 530. The number of hydrogen-bond acceptors (Lipinski definition) is 3. The second-order valence-corrected chi connectivity index (χ2v) is 5.61. The number of likely N-dealkylation sites (N-methyl/N-ethyl adjacent to an activating group) is 1. The fourth-order valence-electron chi connectivity index (χ4n) is 1.20. The van der Waals surface area contributed by atoms with E-state index >= 15 is 0 Å². The number of nitrogens with one attached hydrogen (secondary N) is 1. The zero-order chi connectivity index (χ0) is 13.2. The average Bonchev–Trinajstić information content (AvgIpc) is 2.26. The molecule has 1 rings (SSSR count). The molecule has 94 valence electrons. The van der Waals surface area contributed by atoms with Crippen LogP contribution in [0.2, 0.25) is 0 Å². The zero-order valence-corrected chi connectivity index (χ0v) is 10.3. The molecule has 0 bridgehead atoms. The van der Waals surface area contributed by atoms with Crippen LogP contribution in [0.3, 0.4) is 0 Å². The van der Waals surface area contributed by atoms with Gasteiger partial charge in [0.2, 0.25) is 10.0 Å². The molecule has 5 nitrogen and oxygen atoms in total. The van der Waals surface area contributed by atoms with Crippen LogP contribution in [0, 0.1) is 11.2 Å². The van der Waals surface area contributed by atoms with Crippen molar-refractivity contribution in [2.75, 3.05) is 7.05 Å². The van der Waals surface area contributed by atoms with Crippen molar-refractivity contribution >= 4 is 15.9 Å². The maximum atomic E-state index is 13.0. The molecular formula is C10H14FN3O2S. The first-order chi connectivity index (χ1) is 7.76. The molecule has 0 amide bonds. The first-order valence-corrected chi connectivity index (χ1v) is 6.28. The van der Waals surface area contributed by atoms with Gasteiger partial charge in [-0.2, -0.15) is 4.31 Å². The molecule has 0 spiro atoms. The average molecular weight is 259 g/mol. The third-order valence-corrected chi connectivity index (χ3v) is 4.39. The molecule has 0 aliphatic carbocycles. The first kappa shape index (κ1) is 13.6. The SMILES string of the molecule is CC(C(=N)N)N(C)S(=O)(=O)c1cccc(F)c1. The Balaban J connectivity index is 3.16. The highest BCUT2D eigenvalue weighted by Crippen LogP contribution is 2.17. The van der Waals surface area contributed by atoms with Gasteiger partial charge in [-0.05, 0) is 25.1 Å². The Kier molecular flexibility index (Phi) is 3.84. The fourth-order valence-corrected chi connectivity index (χ4v) is 2.57. The molecule has 1 atom stereocenters. The van der Waals surface area contributed by atoms with E-state index < -0.39 is 21.9 Å². The molecule has 7 heteroatoms. The Hall–Kier alpha value is -1.47. The van der Waals surface area contributed by atoms with Crippen LogP contribution in [-0.2, 0) is 10.0 Å². The number of nitrogens with two attached hydrogens (primary N) is 1. The van der Waals surface area contributed by atoms with E-state index in [4.69, 9.17) is 11.1 Å². The van der Waals surface area contributed by atoms with Gasteiger partial charge in [0.1, 0.15) is 11.7 Å². The van der Waals surface area contributed by atoms with Crippen molar-refractivity contribution in [2.45, 2.75) is 17.9 Å². The number of hydrogen-bond donors (Lipinski definition) is 2. The quantitative estimate of drug-likeness (QED) is 0.618. The molecule has 0 aliphatic rings. The number of nitrogens with zero attached hydrogens (tertiary/aromatic N) is 1. The van der Waals surface area contributed by atoms with E-state index in [1.165, 1.54) is 26.1 Å². The summed E-state index contributed by atoms with van der Waals surface area (Å²) in [7, 11) is -2.54. The first-order valence-electron chi connectivity index (χ1n) is 4.84. The highest BCUT2D eigenvalue weighted by atomic mass is 32.2. The van der Waals surface area contributed by atoms with Crippen molar-refractivity contribution in [3.8, 4) is 0 Å². The van der Waals surface area contributed by atoms with Crippen molar-refractivity contribution < 1.29 is 12.8 Å². The van der Waals surface area contributed by atoms with E-state index in [2.05, 4.69) is 0 Å². The Morgan fingerprint density at radius 3 is 2.59 bits per heavy atom. The molecule has 0 heterocycles. The smallest absolute Gasteiger partial charge is 0.243 e. The van der Waals surface area contributed by atoms with E-state index in [1.54, 1.807) is 0 Å². The summed E-state index contributed by atoms with van der Waals surface area (Å²) >= 11 is 0. The largest absolute Gasteiger partial charge is 0.386 e. The van der Waals surface area contributed by atoms with E-state index in [9.17, 15) is 12.8 Å². The van der Waals surface area contributed by atoms with E-state index in [0.29, 0.717) is 0 Å². The van der Waals surface area contributed by atoms with Gasteiger partial charge < -0.3 is 5.73 Å². The lowest BCUT2D eigenvalue weighted by Gasteiger charge is -2.23. The topological polar surface area (TPSA) is 87.2 Å². The monoisotopic (exact) mass is 259 g/mol. The minimum absolute atomic E-state index is 0.159. The second-order valence-electron chi connectivity index (χ2n) is 3.61. The van der Waals surface area contributed by atoms with Gasteiger partial charge in [0.05, 0.1) is 10.9 Å². The Labute approximate surface area is 99.6 Å². The molecule has 0 aromatic heterocycles. The van der Waals surface area contributed by atoms with Crippen molar-refractivity contribution in [1.29, 1.82) is 5.41 Å². The lowest BCUT2D eigenvalue weighted by atomic mass is 10.3. The van der Waals surface area contributed by atoms with E-state index in [-0.39, 0.29) is 10.7 Å². The molecule has 1 aromatic carbocycles. The third-order valence-electron chi connectivity index (χ3n) is 2.47. The van der Waals surface area contributed by atoms with Crippen LogP contribution in [0.5, 0.6) is 0 Å². The van der Waals surface area contributed by atoms with E-state index in [0.717, 1.165) is 16.4 Å². The van der Waals surface area contributed by atoms with Gasteiger partial charge in [-0.1, -0.05) is 6.07 Å². The molecule has 0 aliphatic heterocycles. The summed E-state index contributed by atoms with van der Waals surface area (Å²) in [5.41, 5.74) is 5.24. The number of sulfonamides is 1. The molecule has 17 heavy (non-hydrogen) atoms. The molecule has 0 saturated carbocycles. The standard InChI is InChI=1S/C10H14FN3O2S/c1-7(10(12)13)14(2)17(15,16)9-5-3-4-8(11)6-9/h3-7H,1-2H3,(H3,12,13). The van der Waals surface area contributed by atoms with Crippen LogP contribution >= 0.6 is 0 Å². The highest BCUT2D eigenvalue weighted by molar-refractivity contribution is 7.89. The maximum Gasteiger partial charge on any atom is 0.243 e. The molecule has 1 unspecified atom stereocenters. The van der Waals surface area contributed by atoms with Crippen molar-refractivity contribution in [1.82, 2.24) is 4.31 Å². The number of rotatable bonds is 4. The Morgan fingerprint density at radius 2 is 2.12 bits per heavy atom. The van der Waals surface area contributed by atoms with Crippen LogP contribution in [0.15, 0.2) is 29.2 Å². The normalized spacial score (nSPS) is 13.6. The van der Waals surface area contributed by atoms with Gasteiger partial charge in [0.25, 0.3) is 0 Å². The molecule has 0 saturated heterocycles. The summed E-state index contributed by atoms with van der Waals surface area (Å²) in [5, 5.41) is 7.21. The van der Waals surface area contributed by atoms with Crippen LogP contribution < -0.4 is 5.73 Å². The van der Waals surface area contributed by atoms with Crippen LogP contribution in [0.4, 0.5) is 4.39 Å². The van der Waals surface area contributed by atoms with Crippen molar-refractivity contribution in [3.05, 3.63) is 30.1 Å². The number of halogens is 1. The lowest BCUT2D eigenvalue weighted by Crippen LogP contribution is -2.43. The van der Waals surface area contributed by atoms with Gasteiger partial charge in [-0.25, -0.2) is 12.8 Å². The molecule has 0 radical (unpaired) electrons. The zero-order valence-electron chi connectivity index (χ0n) is 9.51. The summed E-state index contributed by atoms with van der Waals surface area (Å²) in [6.07, 6.45) is 0. The van der Waals surface area contributed by atoms with Crippen LogP contribution in [0.1, 0.15) is 6.92 Å². The molecule has 1 aromatic rings. The highest BCUT2D eigenvalue weighted by Gasteiger charge is 2.27. The van der Waals surface area contributed by atoms with E-state index in [1.807, 2.05) is 0 Å².